The quantitative estimate of drug-likeness (QED) is 0.00631. The lowest BCUT2D eigenvalue weighted by Crippen LogP contribution is -2.20. The van der Waals surface area contributed by atoms with Gasteiger partial charge >= 0.3 is 42.4 Å². The normalized spacial score (nSPS) is 11.7. The van der Waals surface area contributed by atoms with Gasteiger partial charge in [-0.3, -0.25) is 35.4 Å². The van der Waals surface area contributed by atoms with E-state index in [1.165, 1.54) is 146 Å². The fourth-order valence-corrected chi connectivity index (χ4v) is 14.1. The fourth-order valence-electron chi connectivity index (χ4n) is 10.0. The number of nitro groups is 1. The number of amides is 12. The minimum absolute atomic E-state index is 0.000252. The summed E-state index contributed by atoms with van der Waals surface area (Å²) in [6, 6.07) is 52.5. The summed E-state index contributed by atoms with van der Waals surface area (Å²) in [4.78, 5) is 81.3. The second-order valence-electron chi connectivity index (χ2n) is 25.7. The summed E-state index contributed by atoms with van der Waals surface area (Å²) in [5.74, 6) is -1.79. The van der Waals surface area contributed by atoms with Crippen molar-refractivity contribution < 1.29 is 108 Å². The number of non-ortho nitro benzene ring substituents is 1. The van der Waals surface area contributed by atoms with E-state index >= 15 is 0 Å². The maximum Gasteiger partial charge on any atom is 0.416 e. The van der Waals surface area contributed by atoms with E-state index in [1.807, 2.05) is 0 Å². The van der Waals surface area contributed by atoms with E-state index in [0.717, 1.165) is 30.3 Å². The van der Waals surface area contributed by atoms with Gasteiger partial charge in [-0.25, -0.2) is 37.5 Å². The van der Waals surface area contributed by atoms with Crippen molar-refractivity contribution in [2.75, 3.05) is 92.1 Å². The lowest BCUT2D eigenvalue weighted by atomic mass is 10.2. The Bertz CT molecular complexity index is 6500. The topological polar surface area (TPSA) is 603 Å². The first-order valence-electron chi connectivity index (χ1n) is 36.8. The number of nitro benzene ring substituents is 1. The molecule has 6 atom stereocenters. The molecule has 6 unspecified atom stereocenters. The molecule has 12 aromatic carbocycles. The van der Waals surface area contributed by atoms with Crippen LogP contribution in [0.15, 0.2) is 243 Å². The number of carbonyl (C=O) groups excluding carboxylic acids is 6. The smallest absolute Gasteiger partial charge is 0.416 e. The highest BCUT2D eigenvalue weighted by Crippen LogP contribution is 2.47. The first-order chi connectivity index (χ1) is 65.6. The van der Waals surface area contributed by atoms with Crippen LogP contribution in [0.4, 0.5) is 159 Å². The Hall–Kier alpha value is -12.3. The van der Waals surface area contributed by atoms with Crippen LogP contribution in [0.1, 0.15) is 5.56 Å². The number of halogens is 15. The van der Waals surface area contributed by atoms with Gasteiger partial charge in [-0.05, 0) is 218 Å². The third-order valence-electron chi connectivity index (χ3n) is 15.9. The van der Waals surface area contributed by atoms with E-state index in [9.17, 15) is 113 Å². The van der Waals surface area contributed by atoms with Gasteiger partial charge in [0.2, 0.25) is 0 Å². The zero-order chi connectivity index (χ0) is 102. The van der Waals surface area contributed by atoms with Crippen molar-refractivity contribution in [1.29, 1.82) is 0 Å². The second-order valence-corrected chi connectivity index (χ2v) is 33.8. The molecular weight excluding hydrogens is 2180 g/mol. The van der Waals surface area contributed by atoms with Crippen LogP contribution in [0.5, 0.6) is 0 Å². The Kier molecular flexibility index (Phi) is 45.8. The lowest BCUT2D eigenvalue weighted by Gasteiger charge is -2.14. The number of hydrogen-bond donors (Lipinski definition) is 18. The summed E-state index contributed by atoms with van der Waals surface area (Å²) in [5, 5.41) is 41.1. The highest BCUT2D eigenvalue weighted by atomic mass is 35.5. The summed E-state index contributed by atoms with van der Waals surface area (Å²) in [7, 11) is 0. The Morgan fingerprint density at radius 2 is 0.532 bits per heavy atom. The van der Waals surface area contributed by atoms with E-state index in [-0.39, 0.29) is 57.9 Å². The maximum absolute atomic E-state index is 13.4. The largest absolute Gasteiger partial charge is 0.755 e. The number of rotatable bonds is 25. The van der Waals surface area contributed by atoms with Crippen molar-refractivity contribution in [2.45, 2.75) is 6.18 Å². The predicted octanol–water partition coefficient (Wildman–Crippen LogP) is 23.0. The van der Waals surface area contributed by atoms with Crippen LogP contribution >= 0.6 is 116 Å². The molecule has 736 valence electrons. The van der Waals surface area contributed by atoms with Gasteiger partial charge in [0.1, 0.15) is 17.3 Å². The van der Waals surface area contributed by atoms with E-state index in [0.29, 0.717) is 101 Å². The minimum Gasteiger partial charge on any atom is -0.755 e. The molecule has 60 heteroatoms. The van der Waals surface area contributed by atoms with Crippen molar-refractivity contribution in [1.82, 2.24) is 0 Å². The van der Waals surface area contributed by atoms with Crippen molar-refractivity contribution >= 4 is 328 Å². The van der Waals surface area contributed by atoms with Crippen LogP contribution in [0, 0.1) is 21.7 Å². The zero-order valence-corrected chi connectivity index (χ0v) is 80.8. The van der Waals surface area contributed by atoms with Gasteiger partial charge in [0.25, 0.3) is 5.69 Å². The number of benzene rings is 12. The molecule has 0 saturated heterocycles. The molecule has 0 aliphatic rings. The number of urea groups is 6. The number of carbonyl (C=O) groups is 6. The highest BCUT2D eigenvalue weighted by molar-refractivity contribution is 7.81. The average Bonchev–Trinajstić information content (AvgIpc) is 0.792. The second kappa shape index (κ2) is 56.1. The zero-order valence-electron chi connectivity index (χ0n) is 68.3. The molecule has 18 N–H and O–H groups in total. The molecular formula is C79H58Cl10F5N19O20S6-6. The summed E-state index contributed by atoms with van der Waals surface area (Å²) in [6.07, 6.45) is -4.53. The molecule has 0 fully saturated rings. The van der Waals surface area contributed by atoms with Crippen molar-refractivity contribution in [3.8, 4) is 0 Å². The van der Waals surface area contributed by atoms with Crippen LogP contribution < -0.4 is 92.1 Å². The Balaban J connectivity index is 0.000000227. The summed E-state index contributed by atoms with van der Waals surface area (Å²) in [6.45, 7) is 0. The van der Waals surface area contributed by atoms with Gasteiger partial charge in [-0.1, -0.05) is 128 Å². The average molecular weight is 2240 g/mol. The molecule has 0 heterocycles. The molecule has 0 bridgehead atoms. The molecule has 0 aliphatic heterocycles. The Labute approximate surface area is 847 Å². The van der Waals surface area contributed by atoms with E-state index in [2.05, 4.69) is 92.1 Å². The Morgan fingerprint density at radius 3 is 0.842 bits per heavy atom. The van der Waals surface area contributed by atoms with Crippen molar-refractivity contribution in [3.05, 3.63) is 320 Å². The SMILES string of the molecule is O=C(Nc1ccc(NS(=O)[O-])cc1)Nc1c(Cl)c(Cl)c(Cl)c(Cl)c1Cl.O=C(Nc1ccc(NS(=O)[O-])cc1)Nc1c(F)cccc1F.O=C(Nc1ccc(NS(=O)[O-])cc1)Nc1cc(Cl)ccc1Cl.O=C(Nc1ccc(NS(=O)[O-])cc1)Nc1cc([N+](=O)[O-])ccc1Cl.O=C(Nc1ccc(NS(=O)[O-])cc1)Nc1ccc(C(F)(F)F)cc1Cl.O=C(Nc1ccc(NS(=O)[O-])cc1)Nc1cccc(Cl)c1. The molecule has 139 heavy (non-hydrogen) atoms. The summed E-state index contributed by atoms with van der Waals surface area (Å²) in [5.41, 5.74) is 3.84. The van der Waals surface area contributed by atoms with Crippen LogP contribution in [-0.2, 0) is 73.8 Å². The molecule has 0 saturated carbocycles. The number of anilines is 18. The number of nitrogens with one attached hydrogen (secondary N) is 18. The fraction of sp³-hybridized carbons (Fsp3) is 0.0127. The van der Waals surface area contributed by atoms with Gasteiger partial charge in [-0.15, -0.1) is 0 Å². The number of para-hydroxylation sites is 1. The van der Waals surface area contributed by atoms with E-state index in [4.69, 9.17) is 116 Å². The van der Waals surface area contributed by atoms with E-state index < -0.39 is 138 Å². The molecule has 12 amide bonds. The maximum atomic E-state index is 13.4. The van der Waals surface area contributed by atoms with Gasteiger partial charge in [0.15, 0.2) is 0 Å². The third-order valence-corrected chi connectivity index (χ3v) is 22.1. The predicted molar refractivity (Wildman–Crippen MR) is 530 cm³/mol. The van der Waals surface area contributed by atoms with Crippen LogP contribution in [0.2, 0.25) is 50.2 Å². The molecule has 0 aliphatic carbocycles. The minimum atomic E-state index is -4.53. The van der Waals surface area contributed by atoms with Crippen molar-refractivity contribution in [3.63, 3.8) is 0 Å². The van der Waals surface area contributed by atoms with E-state index in [1.54, 1.807) is 60.7 Å². The summed E-state index contributed by atoms with van der Waals surface area (Å²) >= 11 is 44.4. The molecule has 0 aromatic heterocycles. The standard InChI is InChI=1S/C14H11ClF3N3O3S.C13H8Cl5N3O3S.C13H11Cl2N3O3S.C13H11ClN4O5S.C13H12ClN3O3S.C13H11F2N3O3S/c15-11-7-8(14(16,17)18)1-6-12(11)20-13(22)19-9-2-4-10(5-3-9)21-25(23)24;14-7-8(15)10(17)12(11(18)9(7)16)20-13(22)19-5-1-3-6(4-2-5)21-25(23)24;14-8-1-6-11(15)12(7-8)17-13(19)16-9-2-4-10(5-3-9)18-22(20)21;14-11-6-5-10(18(20)21)7-12(11)16-13(19)15-8-1-3-9(4-2-8)17-24(22)23;14-9-2-1-3-12(8-9)16-13(18)15-10-4-6-11(7-5-10)17-21(19)20;14-10-2-1-3-11(15)12(10)17-13(19)16-8-4-6-9(7-5-8)18-22(20)21/h1-7,21H,(H,23,24)(H2,19,20,22);1-4,21H,(H,23,24)(H2,19,20,22);1-7,18H,(H,20,21)(H2,16,17,19);1-7,17H,(H,22,23)(H2,15,16,19);1-8,17H,(H,19,20)(H2,15,16,18);1-7,18H,(H,20,21)(H2,16,17,19)/p-6. The van der Waals surface area contributed by atoms with Crippen LogP contribution in [-0.4, -0.2) is 93.7 Å². The number of hydrogen-bond acceptors (Lipinski definition) is 20. The molecule has 39 nitrogen and oxygen atoms in total. The van der Waals surface area contributed by atoms with Gasteiger partial charge < -0.3 is 119 Å². The number of nitrogens with zero attached hydrogens (tertiary/aromatic N) is 1. The molecule has 12 rings (SSSR count). The van der Waals surface area contributed by atoms with Gasteiger partial charge in [0.05, 0.1) is 73.4 Å². The Morgan fingerprint density at radius 1 is 0.266 bits per heavy atom. The molecule has 0 spiro atoms. The van der Waals surface area contributed by atoms with Gasteiger partial charge in [-0.2, -0.15) is 13.2 Å². The van der Waals surface area contributed by atoms with Crippen LogP contribution in [0.3, 0.4) is 0 Å². The molecule has 0 radical (unpaired) electrons. The van der Waals surface area contributed by atoms with Gasteiger partial charge in [0, 0.05) is 164 Å². The molecule has 12 aromatic rings. The monoisotopic (exact) mass is 2230 g/mol. The first kappa shape index (κ1) is 114. The van der Waals surface area contributed by atoms with Crippen LogP contribution in [0.25, 0.3) is 0 Å². The van der Waals surface area contributed by atoms with Crippen molar-refractivity contribution in [2.24, 2.45) is 0 Å². The first-order valence-corrected chi connectivity index (χ1v) is 47.1. The highest BCUT2D eigenvalue weighted by Gasteiger charge is 2.31. The third kappa shape index (κ3) is 40.9. The lowest BCUT2D eigenvalue weighted by molar-refractivity contribution is -0.384. The summed E-state index contributed by atoms with van der Waals surface area (Å²) < 4.78 is 203. The number of alkyl halides is 3.